The first-order chi connectivity index (χ1) is 9.67. The van der Waals surface area contributed by atoms with Crippen LogP contribution >= 0.6 is 11.6 Å². The lowest BCUT2D eigenvalue weighted by Crippen LogP contribution is -2.01. The maximum absolute atomic E-state index is 6.15. The van der Waals surface area contributed by atoms with Crippen molar-refractivity contribution < 1.29 is 4.74 Å². The molecule has 7 nitrogen and oxygen atoms in total. The summed E-state index contributed by atoms with van der Waals surface area (Å²) in [6.45, 7) is 0. The Kier molecular flexibility index (Phi) is 3.03. The lowest BCUT2D eigenvalue weighted by atomic mass is 10.3. The number of nitrogens with two attached hydrogens (primary N) is 1. The number of H-pyrrole nitrogens is 1. The Bertz CT molecular complexity index is 772. The summed E-state index contributed by atoms with van der Waals surface area (Å²) < 4.78 is 5.17. The number of anilines is 3. The van der Waals surface area contributed by atoms with Crippen LogP contribution in [0.5, 0.6) is 5.75 Å². The Morgan fingerprint density at radius 3 is 3.00 bits per heavy atom. The van der Waals surface area contributed by atoms with Gasteiger partial charge in [0.05, 0.1) is 29.4 Å². The molecule has 0 bridgehead atoms. The van der Waals surface area contributed by atoms with Crippen LogP contribution in [0.15, 0.2) is 24.4 Å². The summed E-state index contributed by atoms with van der Waals surface area (Å²) in [5, 5.41) is 11.0. The molecule has 0 spiro atoms. The number of halogens is 1. The van der Waals surface area contributed by atoms with E-state index in [2.05, 4.69) is 25.5 Å². The highest BCUT2D eigenvalue weighted by atomic mass is 35.5. The molecule has 0 saturated heterocycles. The maximum atomic E-state index is 6.15. The van der Waals surface area contributed by atoms with Crippen LogP contribution in [-0.2, 0) is 0 Å². The number of aromatic nitrogens is 4. The smallest absolute Gasteiger partial charge is 0.224 e. The minimum atomic E-state index is 0.142. The lowest BCUT2D eigenvalue weighted by molar-refractivity contribution is 0.415. The van der Waals surface area contributed by atoms with E-state index < -0.39 is 0 Å². The maximum Gasteiger partial charge on any atom is 0.224 e. The molecule has 4 N–H and O–H groups in total. The number of nitrogens with one attached hydrogen (secondary N) is 2. The van der Waals surface area contributed by atoms with Crippen LogP contribution in [0.4, 0.5) is 17.5 Å². The largest absolute Gasteiger partial charge is 0.497 e. The molecule has 0 saturated carbocycles. The van der Waals surface area contributed by atoms with E-state index in [1.165, 1.54) is 0 Å². The third-order valence-electron chi connectivity index (χ3n) is 2.75. The SMILES string of the molecule is COc1ccc(Cl)c(Nc2nc(N)nc3[nH]ncc23)c1. The summed E-state index contributed by atoms with van der Waals surface area (Å²) in [7, 11) is 1.59. The van der Waals surface area contributed by atoms with Gasteiger partial charge in [-0.05, 0) is 12.1 Å². The summed E-state index contributed by atoms with van der Waals surface area (Å²) >= 11 is 6.15. The molecule has 0 aliphatic heterocycles. The second-order valence-electron chi connectivity index (χ2n) is 4.03. The summed E-state index contributed by atoms with van der Waals surface area (Å²) in [4.78, 5) is 8.21. The lowest BCUT2D eigenvalue weighted by Gasteiger charge is -2.10. The Balaban J connectivity index is 2.07. The standard InChI is InChI=1S/C12H11ClN6O/c1-20-6-2-3-8(13)9(4-6)16-10-7-5-15-19-11(7)18-12(14)17-10/h2-5H,1H3,(H4,14,15,16,17,18,19). The van der Waals surface area contributed by atoms with Crippen molar-refractivity contribution in [3.8, 4) is 5.75 Å². The molecular formula is C12H11ClN6O. The van der Waals surface area contributed by atoms with Gasteiger partial charge in [0.1, 0.15) is 11.6 Å². The van der Waals surface area contributed by atoms with Crippen molar-refractivity contribution in [2.45, 2.75) is 0 Å². The Morgan fingerprint density at radius 1 is 1.35 bits per heavy atom. The van der Waals surface area contributed by atoms with Gasteiger partial charge in [-0.2, -0.15) is 15.1 Å². The predicted molar refractivity (Wildman–Crippen MR) is 77.4 cm³/mol. The molecule has 0 aliphatic rings. The van der Waals surface area contributed by atoms with E-state index >= 15 is 0 Å². The molecule has 3 rings (SSSR count). The van der Waals surface area contributed by atoms with E-state index in [1.807, 2.05) is 0 Å². The predicted octanol–water partition coefficient (Wildman–Crippen LogP) is 2.34. The van der Waals surface area contributed by atoms with Gasteiger partial charge in [-0.3, -0.25) is 5.10 Å². The Hall–Kier alpha value is -2.54. The number of benzene rings is 1. The van der Waals surface area contributed by atoms with E-state index in [1.54, 1.807) is 31.5 Å². The van der Waals surface area contributed by atoms with Gasteiger partial charge < -0.3 is 15.8 Å². The van der Waals surface area contributed by atoms with Gasteiger partial charge in [-0.25, -0.2) is 0 Å². The number of hydrogen-bond acceptors (Lipinski definition) is 6. The van der Waals surface area contributed by atoms with E-state index in [4.69, 9.17) is 22.1 Å². The van der Waals surface area contributed by atoms with Gasteiger partial charge >= 0.3 is 0 Å². The average Bonchev–Trinajstić information content (AvgIpc) is 2.89. The van der Waals surface area contributed by atoms with Crippen molar-refractivity contribution in [2.75, 3.05) is 18.2 Å². The highest BCUT2D eigenvalue weighted by Gasteiger charge is 2.10. The molecular weight excluding hydrogens is 280 g/mol. The van der Waals surface area contributed by atoms with Crippen molar-refractivity contribution >= 4 is 40.1 Å². The zero-order valence-corrected chi connectivity index (χ0v) is 11.3. The fraction of sp³-hybridized carbons (Fsp3) is 0.0833. The highest BCUT2D eigenvalue weighted by molar-refractivity contribution is 6.33. The van der Waals surface area contributed by atoms with Crippen molar-refractivity contribution in [1.29, 1.82) is 0 Å². The van der Waals surface area contributed by atoms with E-state index in [-0.39, 0.29) is 5.95 Å². The highest BCUT2D eigenvalue weighted by Crippen LogP contribution is 2.31. The molecule has 0 unspecified atom stereocenters. The van der Waals surface area contributed by atoms with Crippen LogP contribution in [0.1, 0.15) is 0 Å². The number of rotatable bonds is 3. The number of nitrogens with zero attached hydrogens (tertiary/aromatic N) is 3. The third kappa shape index (κ3) is 2.19. The van der Waals surface area contributed by atoms with Crippen molar-refractivity contribution in [2.24, 2.45) is 0 Å². The number of fused-ring (bicyclic) bond motifs is 1. The number of methoxy groups -OCH3 is 1. The summed E-state index contributed by atoms with van der Waals surface area (Å²) in [6, 6.07) is 5.28. The molecule has 0 amide bonds. The van der Waals surface area contributed by atoms with Gasteiger partial charge in [0, 0.05) is 6.07 Å². The van der Waals surface area contributed by atoms with Crippen molar-refractivity contribution in [1.82, 2.24) is 20.2 Å². The topological polar surface area (TPSA) is 102 Å². The monoisotopic (exact) mass is 290 g/mol. The summed E-state index contributed by atoms with van der Waals surface area (Å²) in [5.41, 5.74) is 6.88. The van der Waals surface area contributed by atoms with Crippen LogP contribution < -0.4 is 15.8 Å². The molecule has 2 aromatic heterocycles. The second-order valence-corrected chi connectivity index (χ2v) is 4.44. The van der Waals surface area contributed by atoms with Crippen LogP contribution in [-0.4, -0.2) is 27.3 Å². The molecule has 0 fully saturated rings. The van der Waals surface area contributed by atoms with Crippen LogP contribution in [0.25, 0.3) is 11.0 Å². The first kappa shape index (κ1) is 12.5. The van der Waals surface area contributed by atoms with Gasteiger partial charge in [-0.15, -0.1) is 0 Å². The summed E-state index contributed by atoms with van der Waals surface area (Å²) in [6.07, 6.45) is 1.62. The van der Waals surface area contributed by atoms with Gasteiger partial charge in [0.25, 0.3) is 0 Å². The first-order valence-electron chi connectivity index (χ1n) is 5.74. The van der Waals surface area contributed by atoms with Crippen molar-refractivity contribution in [3.63, 3.8) is 0 Å². The molecule has 8 heteroatoms. The Morgan fingerprint density at radius 2 is 2.20 bits per heavy atom. The Labute approximate surface area is 119 Å². The molecule has 20 heavy (non-hydrogen) atoms. The normalized spacial score (nSPS) is 10.7. The summed E-state index contributed by atoms with van der Waals surface area (Å²) in [5.74, 6) is 1.35. The quantitative estimate of drug-likeness (QED) is 0.684. The van der Waals surface area contributed by atoms with Crippen molar-refractivity contribution in [3.05, 3.63) is 29.4 Å². The minimum absolute atomic E-state index is 0.142. The second kappa shape index (κ2) is 4.86. The molecule has 1 aromatic carbocycles. The van der Waals surface area contributed by atoms with Crippen LogP contribution in [0.2, 0.25) is 5.02 Å². The van der Waals surface area contributed by atoms with E-state index in [0.717, 1.165) is 5.39 Å². The number of ether oxygens (including phenoxy) is 1. The van der Waals surface area contributed by atoms with Gasteiger partial charge in [0.2, 0.25) is 5.95 Å². The third-order valence-corrected chi connectivity index (χ3v) is 3.08. The number of hydrogen-bond donors (Lipinski definition) is 3. The van der Waals surface area contributed by atoms with Crippen LogP contribution in [0.3, 0.4) is 0 Å². The fourth-order valence-corrected chi connectivity index (χ4v) is 1.97. The molecule has 0 aliphatic carbocycles. The minimum Gasteiger partial charge on any atom is -0.497 e. The van der Waals surface area contributed by atoms with Gasteiger partial charge in [-0.1, -0.05) is 11.6 Å². The average molecular weight is 291 g/mol. The number of nitrogen functional groups attached to an aromatic ring is 1. The molecule has 0 radical (unpaired) electrons. The zero-order valence-electron chi connectivity index (χ0n) is 10.5. The fourth-order valence-electron chi connectivity index (χ4n) is 1.80. The molecule has 0 atom stereocenters. The zero-order chi connectivity index (χ0) is 14.1. The van der Waals surface area contributed by atoms with E-state index in [9.17, 15) is 0 Å². The molecule has 2 heterocycles. The molecule has 102 valence electrons. The van der Waals surface area contributed by atoms with Gasteiger partial charge in [0.15, 0.2) is 5.65 Å². The molecule has 3 aromatic rings. The first-order valence-corrected chi connectivity index (χ1v) is 6.12. The number of aromatic amines is 1. The van der Waals surface area contributed by atoms with Crippen LogP contribution in [0, 0.1) is 0 Å². The van der Waals surface area contributed by atoms with E-state index in [0.29, 0.717) is 27.9 Å².